The minimum absolute atomic E-state index is 0.329. The smallest absolute Gasteiger partial charge is 0.239 e. The number of anilines is 1. The van der Waals surface area contributed by atoms with Crippen LogP contribution in [0.15, 0.2) is 30.3 Å². The zero-order valence-corrected chi connectivity index (χ0v) is 10.1. The number of hydrogen-bond donors (Lipinski definition) is 2. The van der Waals surface area contributed by atoms with E-state index in [0.717, 1.165) is 25.1 Å². The summed E-state index contributed by atoms with van der Waals surface area (Å²) in [5, 5.41) is 6.66. The van der Waals surface area contributed by atoms with Crippen molar-refractivity contribution < 1.29 is 0 Å². The number of nitrogens with zero attached hydrogens (tertiary/aromatic N) is 2. The maximum Gasteiger partial charge on any atom is 0.239 e. The van der Waals surface area contributed by atoms with Gasteiger partial charge in [-0.1, -0.05) is 37.3 Å². The fourth-order valence-corrected chi connectivity index (χ4v) is 1.92. The van der Waals surface area contributed by atoms with Crippen LogP contribution in [-0.2, 0) is 12.8 Å². The molecule has 0 spiro atoms. The predicted molar refractivity (Wildman–Crippen MR) is 68.4 cm³/mol. The molecule has 2 rings (SSSR count). The molecule has 0 aliphatic rings. The molecule has 0 saturated carbocycles. The average molecular weight is 230 g/mol. The summed E-state index contributed by atoms with van der Waals surface area (Å²) in [4.78, 5) is 4.10. The van der Waals surface area contributed by atoms with Crippen LogP contribution in [0.1, 0.15) is 24.7 Å². The quantitative estimate of drug-likeness (QED) is 0.827. The second-order valence-corrected chi connectivity index (χ2v) is 4.47. The van der Waals surface area contributed by atoms with Gasteiger partial charge in [0.1, 0.15) is 5.82 Å². The molecule has 1 aromatic carbocycles. The monoisotopic (exact) mass is 230 g/mol. The van der Waals surface area contributed by atoms with Gasteiger partial charge >= 0.3 is 0 Å². The van der Waals surface area contributed by atoms with Crippen molar-refractivity contribution in [2.45, 2.75) is 26.2 Å². The fourth-order valence-electron chi connectivity index (χ4n) is 1.92. The average Bonchev–Trinajstić information content (AvgIpc) is 2.74. The summed E-state index contributed by atoms with van der Waals surface area (Å²) >= 11 is 0. The minimum Gasteiger partial charge on any atom is -0.367 e. The van der Waals surface area contributed by atoms with Crippen molar-refractivity contribution in [2.75, 3.05) is 5.73 Å². The molecule has 1 unspecified atom stereocenters. The summed E-state index contributed by atoms with van der Waals surface area (Å²) in [5.41, 5.74) is 6.84. The first-order valence-electron chi connectivity index (χ1n) is 5.94. The Morgan fingerprint density at radius 3 is 2.71 bits per heavy atom. The van der Waals surface area contributed by atoms with Crippen molar-refractivity contribution in [1.29, 1.82) is 0 Å². The lowest BCUT2D eigenvalue weighted by atomic mass is 9.96. The van der Waals surface area contributed by atoms with Gasteiger partial charge in [-0.05, 0) is 24.3 Å². The van der Waals surface area contributed by atoms with E-state index in [1.54, 1.807) is 0 Å². The lowest BCUT2D eigenvalue weighted by molar-refractivity contribution is 0.523. The highest BCUT2D eigenvalue weighted by Gasteiger charge is 2.06. The van der Waals surface area contributed by atoms with Crippen LogP contribution in [0.5, 0.6) is 0 Å². The largest absolute Gasteiger partial charge is 0.367 e. The van der Waals surface area contributed by atoms with E-state index in [2.05, 4.69) is 46.4 Å². The Labute approximate surface area is 101 Å². The second kappa shape index (κ2) is 5.48. The highest BCUT2D eigenvalue weighted by Crippen LogP contribution is 2.13. The molecule has 0 fully saturated rings. The van der Waals surface area contributed by atoms with Gasteiger partial charge < -0.3 is 5.73 Å². The van der Waals surface area contributed by atoms with Gasteiger partial charge in [-0.25, -0.2) is 0 Å². The van der Waals surface area contributed by atoms with E-state index in [1.807, 2.05) is 6.07 Å². The van der Waals surface area contributed by atoms with Crippen LogP contribution in [0, 0.1) is 5.92 Å². The molecule has 90 valence electrons. The SMILES string of the molecule is CC(CCc1nc(N)n[nH]1)Cc1ccccc1. The first-order chi connectivity index (χ1) is 8.24. The number of nitrogens with one attached hydrogen (secondary N) is 1. The lowest BCUT2D eigenvalue weighted by Crippen LogP contribution is -2.02. The Morgan fingerprint density at radius 2 is 2.06 bits per heavy atom. The molecule has 1 atom stereocenters. The van der Waals surface area contributed by atoms with Crippen molar-refractivity contribution in [1.82, 2.24) is 15.2 Å². The Hall–Kier alpha value is -1.84. The van der Waals surface area contributed by atoms with Gasteiger partial charge in [-0.15, -0.1) is 5.10 Å². The van der Waals surface area contributed by atoms with E-state index in [4.69, 9.17) is 5.73 Å². The third kappa shape index (κ3) is 3.59. The van der Waals surface area contributed by atoms with Crippen molar-refractivity contribution >= 4 is 5.95 Å². The zero-order chi connectivity index (χ0) is 12.1. The number of nitrogens with two attached hydrogens (primary N) is 1. The molecule has 0 aliphatic carbocycles. The first kappa shape index (κ1) is 11.6. The standard InChI is InChI=1S/C13H18N4/c1-10(9-11-5-3-2-4-6-11)7-8-12-15-13(14)17-16-12/h2-6,10H,7-9H2,1H3,(H3,14,15,16,17). The van der Waals surface area contributed by atoms with Gasteiger partial charge in [0.2, 0.25) is 5.95 Å². The number of benzene rings is 1. The van der Waals surface area contributed by atoms with E-state index in [9.17, 15) is 0 Å². The topological polar surface area (TPSA) is 67.6 Å². The normalized spacial score (nSPS) is 12.5. The molecule has 2 aromatic rings. The van der Waals surface area contributed by atoms with Gasteiger partial charge in [0, 0.05) is 6.42 Å². The molecule has 4 heteroatoms. The molecule has 1 aromatic heterocycles. The summed E-state index contributed by atoms with van der Waals surface area (Å²) in [5.74, 6) is 1.84. The van der Waals surface area contributed by atoms with E-state index in [0.29, 0.717) is 11.9 Å². The van der Waals surface area contributed by atoms with Gasteiger partial charge in [-0.3, -0.25) is 5.10 Å². The maximum absolute atomic E-state index is 5.46. The second-order valence-electron chi connectivity index (χ2n) is 4.47. The van der Waals surface area contributed by atoms with Crippen LogP contribution in [0.2, 0.25) is 0 Å². The van der Waals surface area contributed by atoms with E-state index < -0.39 is 0 Å². The van der Waals surface area contributed by atoms with Crippen molar-refractivity contribution in [2.24, 2.45) is 5.92 Å². The van der Waals surface area contributed by atoms with Crippen molar-refractivity contribution in [3.8, 4) is 0 Å². The molecule has 0 bridgehead atoms. The predicted octanol–water partition coefficient (Wildman–Crippen LogP) is 2.20. The maximum atomic E-state index is 5.46. The molecule has 0 saturated heterocycles. The molecule has 17 heavy (non-hydrogen) atoms. The lowest BCUT2D eigenvalue weighted by Gasteiger charge is -2.09. The van der Waals surface area contributed by atoms with Crippen LogP contribution >= 0.6 is 0 Å². The highest BCUT2D eigenvalue weighted by molar-refractivity contribution is 5.15. The third-order valence-electron chi connectivity index (χ3n) is 2.85. The van der Waals surface area contributed by atoms with Crippen LogP contribution in [0.25, 0.3) is 0 Å². The van der Waals surface area contributed by atoms with Gasteiger partial charge in [0.15, 0.2) is 0 Å². The summed E-state index contributed by atoms with van der Waals surface area (Å²) in [6.45, 7) is 2.26. The minimum atomic E-state index is 0.329. The van der Waals surface area contributed by atoms with Crippen molar-refractivity contribution in [3.63, 3.8) is 0 Å². The van der Waals surface area contributed by atoms with Gasteiger partial charge in [0.25, 0.3) is 0 Å². The van der Waals surface area contributed by atoms with E-state index in [1.165, 1.54) is 5.56 Å². The number of aromatic amines is 1. The molecule has 3 N–H and O–H groups in total. The Balaban J connectivity index is 1.80. The van der Waals surface area contributed by atoms with Crippen LogP contribution in [-0.4, -0.2) is 15.2 Å². The number of H-pyrrole nitrogens is 1. The number of nitrogen functional groups attached to an aromatic ring is 1. The molecule has 0 radical (unpaired) electrons. The Morgan fingerprint density at radius 1 is 1.29 bits per heavy atom. The number of hydrogen-bond acceptors (Lipinski definition) is 3. The van der Waals surface area contributed by atoms with Crippen LogP contribution in [0.3, 0.4) is 0 Å². The van der Waals surface area contributed by atoms with E-state index in [-0.39, 0.29) is 0 Å². The number of aryl methyl sites for hydroxylation is 1. The summed E-state index contributed by atoms with van der Waals surface area (Å²) in [6.07, 6.45) is 3.09. The fraction of sp³-hybridized carbons (Fsp3) is 0.385. The van der Waals surface area contributed by atoms with E-state index >= 15 is 0 Å². The zero-order valence-electron chi connectivity index (χ0n) is 10.1. The molecule has 1 heterocycles. The Bertz CT molecular complexity index is 449. The summed E-state index contributed by atoms with van der Waals surface area (Å²) in [6, 6.07) is 10.6. The Kier molecular flexibility index (Phi) is 3.75. The first-order valence-corrected chi connectivity index (χ1v) is 5.94. The molecule has 0 amide bonds. The molecule has 0 aliphatic heterocycles. The number of aromatic nitrogens is 3. The van der Waals surface area contributed by atoms with Gasteiger partial charge in [0.05, 0.1) is 0 Å². The molecular formula is C13H18N4. The van der Waals surface area contributed by atoms with Gasteiger partial charge in [-0.2, -0.15) is 4.98 Å². The summed E-state index contributed by atoms with van der Waals surface area (Å²) in [7, 11) is 0. The third-order valence-corrected chi connectivity index (χ3v) is 2.85. The molecule has 4 nitrogen and oxygen atoms in total. The van der Waals surface area contributed by atoms with Crippen molar-refractivity contribution in [3.05, 3.63) is 41.7 Å². The highest BCUT2D eigenvalue weighted by atomic mass is 15.3. The molecular weight excluding hydrogens is 212 g/mol. The van der Waals surface area contributed by atoms with Crippen LogP contribution in [0.4, 0.5) is 5.95 Å². The summed E-state index contributed by atoms with van der Waals surface area (Å²) < 4.78 is 0. The van der Waals surface area contributed by atoms with Crippen LogP contribution < -0.4 is 5.73 Å². The number of rotatable bonds is 5.